The number of amides is 2. The van der Waals surface area contributed by atoms with Crippen LogP contribution in [0.5, 0.6) is 0 Å². The molecule has 0 bridgehead atoms. The van der Waals surface area contributed by atoms with Gasteiger partial charge in [-0.2, -0.15) is 0 Å². The van der Waals surface area contributed by atoms with Gasteiger partial charge in [-0.25, -0.2) is 0 Å². The smallest absolute Gasteiger partial charge is 0.258 e. The highest BCUT2D eigenvalue weighted by molar-refractivity contribution is 6.06. The lowest BCUT2D eigenvalue weighted by Crippen LogP contribution is -2.28. The quantitative estimate of drug-likeness (QED) is 0.821. The Morgan fingerprint density at radius 3 is 2.56 bits per heavy atom. The number of piperidine rings is 1. The van der Waals surface area contributed by atoms with Crippen LogP contribution in [0.2, 0.25) is 0 Å². The van der Waals surface area contributed by atoms with E-state index in [1.165, 1.54) is 0 Å². The maximum atomic E-state index is 12.7. The van der Waals surface area contributed by atoms with E-state index in [2.05, 4.69) is 10.6 Å². The Balaban J connectivity index is 1.58. The highest BCUT2D eigenvalue weighted by atomic mass is 16.2. The van der Waals surface area contributed by atoms with Crippen molar-refractivity contribution < 1.29 is 9.59 Å². The molecule has 2 amide bonds. The molecule has 1 aliphatic rings. The van der Waals surface area contributed by atoms with Crippen molar-refractivity contribution in [1.29, 1.82) is 0 Å². The third-order valence-corrected chi connectivity index (χ3v) is 5.08. The van der Waals surface area contributed by atoms with Gasteiger partial charge in [0, 0.05) is 30.4 Å². The lowest BCUT2D eigenvalue weighted by molar-refractivity contribution is -0.116. The van der Waals surface area contributed by atoms with Gasteiger partial charge in [-0.3, -0.25) is 9.59 Å². The van der Waals surface area contributed by atoms with Crippen molar-refractivity contribution in [2.24, 2.45) is 5.92 Å². The molecule has 0 aromatic heterocycles. The molecule has 1 aliphatic heterocycles. The van der Waals surface area contributed by atoms with Crippen LogP contribution in [0.3, 0.4) is 0 Å². The van der Waals surface area contributed by atoms with Crippen molar-refractivity contribution in [3.8, 4) is 0 Å². The van der Waals surface area contributed by atoms with Gasteiger partial charge in [0.15, 0.2) is 0 Å². The van der Waals surface area contributed by atoms with Crippen LogP contribution >= 0.6 is 0 Å². The van der Waals surface area contributed by atoms with Crippen molar-refractivity contribution in [3.63, 3.8) is 0 Å². The molecule has 0 atom stereocenters. The first-order chi connectivity index (χ1) is 13.1. The fourth-order valence-electron chi connectivity index (χ4n) is 3.42. The Hall–Kier alpha value is -2.66. The van der Waals surface area contributed by atoms with Gasteiger partial charge in [-0.1, -0.05) is 24.3 Å². The molecule has 0 aliphatic carbocycles. The Morgan fingerprint density at radius 2 is 1.81 bits per heavy atom. The number of rotatable bonds is 6. The first-order valence-corrected chi connectivity index (χ1v) is 9.57. The van der Waals surface area contributed by atoms with Crippen molar-refractivity contribution >= 4 is 23.2 Å². The Morgan fingerprint density at radius 1 is 1.07 bits per heavy atom. The zero-order valence-electron chi connectivity index (χ0n) is 15.8. The molecule has 2 aromatic rings. The second kappa shape index (κ2) is 9.33. The van der Waals surface area contributed by atoms with Crippen LogP contribution in [0.15, 0.2) is 54.6 Å². The van der Waals surface area contributed by atoms with Crippen molar-refractivity contribution in [3.05, 3.63) is 60.2 Å². The predicted octanol–water partition coefficient (Wildman–Crippen LogP) is 3.68. The van der Waals surface area contributed by atoms with Gasteiger partial charge in [0.25, 0.3) is 5.91 Å². The normalized spacial score (nSPS) is 14.6. The molecule has 1 heterocycles. The molecule has 27 heavy (non-hydrogen) atoms. The summed E-state index contributed by atoms with van der Waals surface area (Å²) in [6, 6.07) is 16.6. The van der Waals surface area contributed by atoms with E-state index in [0.717, 1.165) is 38.0 Å². The fraction of sp³-hybridized carbons (Fsp3) is 0.364. The number of anilines is 2. The van der Waals surface area contributed by atoms with Crippen molar-refractivity contribution in [2.75, 3.05) is 30.4 Å². The molecule has 1 fully saturated rings. The van der Waals surface area contributed by atoms with E-state index in [4.69, 9.17) is 0 Å². The minimum atomic E-state index is -0.105. The molecule has 0 saturated carbocycles. The Labute approximate surface area is 160 Å². The van der Waals surface area contributed by atoms with Gasteiger partial charge in [-0.15, -0.1) is 0 Å². The third-order valence-electron chi connectivity index (χ3n) is 5.08. The van der Waals surface area contributed by atoms with Gasteiger partial charge in [0.1, 0.15) is 0 Å². The van der Waals surface area contributed by atoms with Crippen LogP contribution in [-0.2, 0) is 4.79 Å². The number of carbonyl (C=O) groups excluding carboxylic acids is 2. The zero-order chi connectivity index (χ0) is 19.1. The largest absolute Gasteiger partial charge is 0.326 e. The van der Waals surface area contributed by atoms with E-state index >= 15 is 0 Å². The van der Waals surface area contributed by atoms with Crippen LogP contribution in [0.4, 0.5) is 11.4 Å². The van der Waals surface area contributed by atoms with Gasteiger partial charge in [-0.05, 0) is 68.6 Å². The minimum Gasteiger partial charge on any atom is -0.326 e. The summed E-state index contributed by atoms with van der Waals surface area (Å²) in [6.45, 7) is 2.09. The standard InChI is InChI=1S/C22H27N3O2/c1-25(20-8-3-2-4-9-20)22(27)18-6-5-7-19(16-18)24-21(26)11-10-17-12-14-23-15-13-17/h2-9,16-17,23H,10-15H2,1H3,(H,24,26). The minimum absolute atomic E-state index is 0.00884. The summed E-state index contributed by atoms with van der Waals surface area (Å²) in [5.74, 6) is 0.533. The number of hydrogen-bond acceptors (Lipinski definition) is 3. The molecule has 3 rings (SSSR count). The summed E-state index contributed by atoms with van der Waals surface area (Å²) >= 11 is 0. The summed E-state index contributed by atoms with van der Waals surface area (Å²) in [6.07, 6.45) is 3.72. The van der Waals surface area contributed by atoms with Crippen LogP contribution in [0.25, 0.3) is 0 Å². The van der Waals surface area contributed by atoms with Gasteiger partial charge in [0.2, 0.25) is 5.91 Å². The number of carbonyl (C=O) groups is 2. The van der Waals surface area contributed by atoms with E-state index in [0.29, 0.717) is 23.6 Å². The summed E-state index contributed by atoms with van der Waals surface area (Å²) < 4.78 is 0. The molecule has 0 spiro atoms. The highest BCUT2D eigenvalue weighted by Crippen LogP contribution is 2.20. The van der Waals surface area contributed by atoms with Crippen LogP contribution < -0.4 is 15.5 Å². The highest BCUT2D eigenvalue weighted by Gasteiger charge is 2.16. The van der Waals surface area contributed by atoms with Crippen LogP contribution in [0, 0.1) is 5.92 Å². The molecular weight excluding hydrogens is 338 g/mol. The Kier molecular flexibility index (Phi) is 6.60. The molecular formula is C22H27N3O2. The second-order valence-corrected chi connectivity index (χ2v) is 7.06. The Bertz CT molecular complexity index is 770. The number of para-hydroxylation sites is 1. The van der Waals surface area contributed by atoms with E-state index in [1.54, 1.807) is 30.1 Å². The summed E-state index contributed by atoms with van der Waals surface area (Å²) in [5, 5.41) is 6.27. The van der Waals surface area contributed by atoms with E-state index in [-0.39, 0.29) is 11.8 Å². The molecule has 0 unspecified atom stereocenters. The second-order valence-electron chi connectivity index (χ2n) is 7.06. The first kappa shape index (κ1) is 19.1. The maximum Gasteiger partial charge on any atom is 0.258 e. The molecule has 142 valence electrons. The number of nitrogens with one attached hydrogen (secondary N) is 2. The number of nitrogens with zero attached hydrogens (tertiary/aromatic N) is 1. The van der Waals surface area contributed by atoms with Gasteiger partial charge < -0.3 is 15.5 Å². The number of benzene rings is 2. The topological polar surface area (TPSA) is 61.4 Å². The fourth-order valence-corrected chi connectivity index (χ4v) is 3.42. The predicted molar refractivity (Wildman–Crippen MR) is 109 cm³/mol. The summed E-state index contributed by atoms with van der Waals surface area (Å²) in [5.41, 5.74) is 2.05. The van der Waals surface area contributed by atoms with Crippen molar-refractivity contribution in [1.82, 2.24) is 5.32 Å². The first-order valence-electron chi connectivity index (χ1n) is 9.57. The SMILES string of the molecule is CN(C(=O)c1cccc(NC(=O)CCC2CCNCC2)c1)c1ccccc1. The zero-order valence-corrected chi connectivity index (χ0v) is 15.8. The van der Waals surface area contributed by atoms with Crippen LogP contribution in [-0.4, -0.2) is 32.0 Å². The summed E-state index contributed by atoms with van der Waals surface area (Å²) in [4.78, 5) is 26.6. The summed E-state index contributed by atoms with van der Waals surface area (Å²) in [7, 11) is 1.75. The van der Waals surface area contributed by atoms with Gasteiger partial charge in [0.05, 0.1) is 0 Å². The van der Waals surface area contributed by atoms with Gasteiger partial charge >= 0.3 is 0 Å². The molecule has 0 radical (unpaired) electrons. The van der Waals surface area contributed by atoms with Crippen LogP contribution in [0.1, 0.15) is 36.0 Å². The molecule has 2 aromatic carbocycles. The lowest BCUT2D eigenvalue weighted by atomic mass is 9.93. The third kappa shape index (κ3) is 5.41. The maximum absolute atomic E-state index is 12.7. The molecule has 5 nitrogen and oxygen atoms in total. The average molecular weight is 365 g/mol. The molecule has 5 heteroatoms. The van der Waals surface area contributed by atoms with E-state index < -0.39 is 0 Å². The number of hydrogen-bond donors (Lipinski definition) is 2. The average Bonchev–Trinajstić information content (AvgIpc) is 2.73. The van der Waals surface area contributed by atoms with E-state index in [1.807, 2.05) is 36.4 Å². The molecule has 2 N–H and O–H groups in total. The molecule has 1 saturated heterocycles. The lowest BCUT2D eigenvalue weighted by Gasteiger charge is -2.22. The van der Waals surface area contributed by atoms with Crippen molar-refractivity contribution in [2.45, 2.75) is 25.7 Å². The van der Waals surface area contributed by atoms with E-state index in [9.17, 15) is 9.59 Å². The monoisotopic (exact) mass is 365 g/mol.